The minimum Gasteiger partial charge on any atom is -0.478 e. The van der Waals surface area contributed by atoms with Crippen molar-refractivity contribution in [3.8, 4) is 6.07 Å². The van der Waals surface area contributed by atoms with Crippen molar-refractivity contribution < 1.29 is 9.90 Å². The zero-order chi connectivity index (χ0) is 14.0. The van der Waals surface area contributed by atoms with Gasteiger partial charge >= 0.3 is 5.97 Å². The third-order valence-corrected chi connectivity index (χ3v) is 3.17. The van der Waals surface area contributed by atoms with Crippen molar-refractivity contribution in [2.75, 3.05) is 0 Å². The van der Waals surface area contributed by atoms with Crippen LogP contribution in [0.2, 0.25) is 0 Å². The number of carboxylic acid groups (broad SMARTS) is 1. The molecule has 0 radical (unpaired) electrons. The fourth-order valence-electron chi connectivity index (χ4n) is 2.34. The second kappa shape index (κ2) is 4.95. The molecular formula is C16H13NO2. The van der Waals surface area contributed by atoms with Crippen molar-refractivity contribution >= 4 is 22.8 Å². The first-order chi connectivity index (χ1) is 9.11. The van der Waals surface area contributed by atoms with Gasteiger partial charge in [0.15, 0.2) is 0 Å². The molecule has 2 rings (SSSR count). The van der Waals surface area contributed by atoms with Gasteiger partial charge in [0.2, 0.25) is 0 Å². The Labute approximate surface area is 111 Å². The number of nitrogens with zero attached hydrogens (tertiary/aromatic N) is 1. The minimum absolute atomic E-state index is 0.191. The summed E-state index contributed by atoms with van der Waals surface area (Å²) in [7, 11) is 0. The summed E-state index contributed by atoms with van der Waals surface area (Å²) in [4.78, 5) is 11.5. The summed E-state index contributed by atoms with van der Waals surface area (Å²) in [6.45, 7) is 3.65. The lowest BCUT2D eigenvalue weighted by Crippen LogP contribution is -2.05. The third kappa shape index (κ3) is 1.98. The highest BCUT2D eigenvalue weighted by molar-refractivity contribution is 6.09. The smallest absolute Gasteiger partial charge is 0.336 e. The Hall–Kier alpha value is -2.60. The van der Waals surface area contributed by atoms with E-state index >= 15 is 0 Å². The van der Waals surface area contributed by atoms with Gasteiger partial charge in [-0.1, -0.05) is 36.4 Å². The zero-order valence-corrected chi connectivity index (χ0v) is 10.8. The van der Waals surface area contributed by atoms with E-state index in [1.165, 1.54) is 0 Å². The highest BCUT2D eigenvalue weighted by Crippen LogP contribution is 2.31. The third-order valence-electron chi connectivity index (χ3n) is 3.17. The average Bonchev–Trinajstić information content (AvgIpc) is 2.39. The molecule has 0 saturated carbocycles. The van der Waals surface area contributed by atoms with Crippen molar-refractivity contribution in [1.82, 2.24) is 0 Å². The van der Waals surface area contributed by atoms with Crippen LogP contribution in [-0.2, 0) is 0 Å². The van der Waals surface area contributed by atoms with E-state index in [9.17, 15) is 15.2 Å². The monoisotopic (exact) mass is 251 g/mol. The fraction of sp³-hybridized carbons (Fsp3) is 0.125. The molecule has 0 bridgehead atoms. The lowest BCUT2D eigenvalue weighted by atomic mass is 9.90. The Morgan fingerprint density at radius 1 is 1.32 bits per heavy atom. The van der Waals surface area contributed by atoms with E-state index in [0.717, 1.165) is 10.9 Å². The largest absolute Gasteiger partial charge is 0.478 e. The summed E-state index contributed by atoms with van der Waals surface area (Å²) in [5.74, 6) is -1.01. The number of allylic oxidation sites excluding steroid dienone is 1. The summed E-state index contributed by atoms with van der Waals surface area (Å²) >= 11 is 0. The lowest BCUT2D eigenvalue weighted by Gasteiger charge is -2.12. The molecule has 0 heterocycles. The molecule has 0 aliphatic heterocycles. The second-order valence-electron chi connectivity index (χ2n) is 4.25. The van der Waals surface area contributed by atoms with E-state index in [-0.39, 0.29) is 5.56 Å². The Morgan fingerprint density at radius 2 is 1.95 bits per heavy atom. The Balaban J connectivity index is 3.09. The number of rotatable bonds is 2. The van der Waals surface area contributed by atoms with E-state index in [4.69, 9.17) is 0 Å². The van der Waals surface area contributed by atoms with E-state index in [2.05, 4.69) is 6.07 Å². The van der Waals surface area contributed by atoms with Gasteiger partial charge in [0.1, 0.15) is 6.07 Å². The van der Waals surface area contributed by atoms with Crippen LogP contribution in [0, 0.1) is 18.3 Å². The summed E-state index contributed by atoms with van der Waals surface area (Å²) in [6, 6.07) is 9.39. The highest BCUT2D eigenvalue weighted by Gasteiger charge is 2.19. The predicted molar refractivity (Wildman–Crippen MR) is 75.1 cm³/mol. The topological polar surface area (TPSA) is 61.1 Å². The van der Waals surface area contributed by atoms with Crippen LogP contribution >= 0.6 is 0 Å². The van der Waals surface area contributed by atoms with Crippen LogP contribution in [0.25, 0.3) is 16.8 Å². The van der Waals surface area contributed by atoms with Gasteiger partial charge in [0.05, 0.1) is 11.1 Å². The number of aromatic carboxylic acids is 1. The van der Waals surface area contributed by atoms with Crippen LogP contribution in [-0.4, -0.2) is 11.1 Å². The number of carboxylic acids is 1. The zero-order valence-electron chi connectivity index (χ0n) is 10.8. The number of benzene rings is 2. The normalized spacial score (nSPS) is 10.8. The molecule has 2 aromatic rings. The van der Waals surface area contributed by atoms with Crippen LogP contribution in [0.3, 0.4) is 0 Å². The molecule has 2 aromatic carbocycles. The maximum atomic E-state index is 11.5. The molecule has 1 N–H and O–H groups in total. The molecular weight excluding hydrogens is 238 g/mol. The molecule has 0 unspecified atom stereocenters. The molecule has 0 aliphatic carbocycles. The highest BCUT2D eigenvalue weighted by atomic mass is 16.4. The van der Waals surface area contributed by atoms with Crippen molar-refractivity contribution in [3.05, 3.63) is 52.6 Å². The molecule has 0 saturated heterocycles. The van der Waals surface area contributed by atoms with E-state index < -0.39 is 5.97 Å². The first-order valence-electron chi connectivity index (χ1n) is 5.93. The molecule has 3 nitrogen and oxygen atoms in total. The van der Waals surface area contributed by atoms with Gasteiger partial charge in [-0.05, 0) is 30.2 Å². The van der Waals surface area contributed by atoms with Crippen molar-refractivity contribution in [2.24, 2.45) is 0 Å². The summed E-state index contributed by atoms with van der Waals surface area (Å²) in [5, 5.41) is 20.2. The van der Waals surface area contributed by atoms with Crippen LogP contribution in [0.4, 0.5) is 0 Å². The molecule has 0 atom stereocenters. The van der Waals surface area contributed by atoms with Gasteiger partial charge in [-0.15, -0.1) is 0 Å². The summed E-state index contributed by atoms with van der Waals surface area (Å²) in [5.41, 5.74) is 1.91. The summed E-state index contributed by atoms with van der Waals surface area (Å²) in [6.07, 6.45) is 3.43. The molecule has 19 heavy (non-hydrogen) atoms. The van der Waals surface area contributed by atoms with E-state index in [1.54, 1.807) is 31.2 Å². The van der Waals surface area contributed by atoms with Crippen molar-refractivity contribution in [3.63, 3.8) is 0 Å². The van der Waals surface area contributed by atoms with Crippen LogP contribution in [0.5, 0.6) is 0 Å². The van der Waals surface area contributed by atoms with E-state index in [0.29, 0.717) is 16.5 Å². The maximum absolute atomic E-state index is 11.5. The average molecular weight is 251 g/mol. The molecule has 0 fully saturated rings. The first-order valence-corrected chi connectivity index (χ1v) is 5.93. The summed E-state index contributed by atoms with van der Waals surface area (Å²) < 4.78 is 0. The molecule has 94 valence electrons. The lowest BCUT2D eigenvalue weighted by molar-refractivity contribution is 0.0699. The number of hydrogen-bond donors (Lipinski definition) is 1. The van der Waals surface area contributed by atoms with Crippen LogP contribution in [0.15, 0.2) is 30.3 Å². The van der Waals surface area contributed by atoms with Crippen molar-refractivity contribution in [1.29, 1.82) is 5.26 Å². The quantitative estimate of drug-likeness (QED) is 0.884. The standard InChI is InChI=1S/C16H13NO2/c1-3-6-12-14(9-17)10(2)11-7-4-5-8-13(11)15(12)16(18)19/h3-8H,1-2H3,(H,18,19). The van der Waals surface area contributed by atoms with Gasteiger partial charge < -0.3 is 5.11 Å². The van der Waals surface area contributed by atoms with Crippen molar-refractivity contribution in [2.45, 2.75) is 13.8 Å². The van der Waals surface area contributed by atoms with Gasteiger partial charge in [-0.3, -0.25) is 0 Å². The molecule has 3 heteroatoms. The number of fused-ring (bicyclic) bond motifs is 1. The number of nitriles is 1. The number of carbonyl (C=O) groups is 1. The van der Waals surface area contributed by atoms with Crippen LogP contribution < -0.4 is 0 Å². The number of hydrogen-bond acceptors (Lipinski definition) is 2. The van der Waals surface area contributed by atoms with Gasteiger partial charge in [0, 0.05) is 5.56 Å². The SMILES string of the molecule is CC=Cc1c(C#N)c(C)c2ccccc2c1C(=O)O. The predicted octanol–water partition coefficient (Wildman–Crippen LogP) is 3.75. The number of aryl methyl sites for hydroxylation is 1. The molecule has 0 aromatic heterocycles. The maximum Gasteiger partial charge on any atom is 0.336 e. The Bertz CT molecular complexity index is 736. The van der Waals surface area contributed by atoms with Crippen LogP contribution in [0.1, 0.15) is 34.0 Å². The fourth-order valence-corrected chi connectivity index (χ4v) is 2.34. The molecule has 0 aliphatic rings. The minimum atomic E-state index is -1.01. The Kier molecular flexibility index (Phi) is 3.35. The first kappa shape index (κ1) is 12.8. The molecule has 0 amide bonds. The Morgan fingerprint density at radius 3 is 2.47 bits per heavy atom. The van der Waals surface area contributed by atoms with Gasteiger partial charge in [-0.2, -0.15) is 5.26 Å². The van der Waals surface area contributed by atoms with E-state index in [1.807, 2.05) is 19.1 Å². The second-order valence-corrected chi connectivity index (χ2v) is 4.25. The van der Waals surface area contributed by atoms with Gasteiger partial charge in [0.25, 0.3) is 0 Å². The molecule has 0 spiro atoms. The van der Waals surface area contributed by atoms with Gasteiger partial charge in [-0.25, -0.2) is 4.79 Å².